The quantitative estimate of drug-likeness (QED) is 0.886. The minimum absolute atomic E-state index is 0.140. The maximum atomic E-state index is 12.9. The Morgan fingerprint density at radius 2 is 2.04 bits per heavy atom. The first-order valence-corrected chi connectivity index (χ1v) is 9.62. The average Bonchev–Trinajstić information content (AvgIpc) is 3.10. The first-order valence-electron chi connectivity index (χ1n) is 8.74. The lowest BCUT2D eigenvalue weighted by Gasteiger charge is -2.49. The monoisotopic (exact) mass is 358 g/mol. The Morgan fingerprint density at radius 3 is 2.72 bits per heavy atom. The van der Waals surface area contributed by atoms with Crippen LogP contribution in [0.5, 0.6) is 0 Å². The smallest absolute Gasteiger partial charge is 0.240 e. The summed E-state index contributed by atoms with van der Waals surface area (Å²) >= 11 is 1.58. The van der Waals surface area contributed by atoms with Crippen LogP contribution in [-0.4, -0.2) is 52.6 Å². The molecule has 2 aliphatic rings. The number of pyridine rings is 1. The fraction of sp³-hybridized carbons (Fsp3) is 0.500. The molecule has 0 bridgehead atoms. The number of aromatic nitrogens is 2. The van der Waals surface area contributed by atoms with E-state index < -0.39 is 0 Å². The molecule has 0 atom stereocenters. The van der Waals surface area contributed by atoms with Gasteiger partial charge in [0.05, 0.1) is 25.5 Å². The second-order valence-electron chi connectivity index (χ2n) is 6.53. The van der Waals surface area contributed by atoms with Crippen LogP contribution in [0.3, 0.4) is 0 Å². The maximum Gasteiger partial charge on any atom is 0.240 e. The van der Waals surface area contributed by atoms with Gasteiger partial charge in [-0.15, -0.1) is 11.3 Å². The number of nitrogens with one attached hydrogen (secondary N) is 1. The number of amides is 1. The molecule has 2 fully saturated rings. The fourth-order valence-electron chi connectivity index (χ4n) is 3.56. The number of nitrogens with zero attached hydrogens (tertiary/aromatic N) is 3. The molecule has 2 aromatic heterocycles. The molecule has 3 heterocycles. The number of hydrogen-bond donors (Lipinski definition) is 1. The molecule has 1 aliphatic heterocycles. The van der Waals surface area contributed by atoms with Crippen molar-refractivity contribution in [2.75, 3.05) is 26.3 Å². The molecule has 1 N–H and O–H groups in total. The van der Waals surface area contributed by atoms with E-state index in [1.807, 2.05) is 17.5 Å². The van der Waals surface area contributed by atoms with Gasteiger partial charge in [0.2, 0.25) is 5.91 Å². The van der Waals surface area contributed by atoms with Gasteiger partial charge in [-0.25, -0.2) is 4.98 Å². The first-order chi connectivity index (χ1) is 12.3. The van der Waals surface area contributed by atoms with Crippen molar-refractivity contribution in [1.29, 1.82) is 0 Å². The largest absolute Gasteiger partial charge is 0.379 e. The summed E-state index contributed by atoms with van der Waals surface area (Å²) in [4.78, 5) is 23.8. The first kappa shape index (κ1) is 16.6. The Bertz CT molecular complexity index is 724. The van der Waals surface area contributed by atoms with E-state index in [0.717, 1.165) is 61.8 Å². The van der Waals surface area contributed by atoms with Crippen molar-refractivity contribution in [2.45, 2.75) is 31.3 Å². The molecule has 7 heteroatoms. The van der Waals surface area contributed by atoms with Gasteiger partial charge < -0.3 is 10.1 Å². The Labute approximate surface area is 151 Å². The van der Waals surface area contributed by atoms with Crippen molar-refractivity contribution in [3.8, 4) is 11.3 Å². The highest BCUT2D eigenvalue weighted by Crippen LogP contribution is 2.38. The highest BCUT2D eigenvalue weighted by Gasteiger charge is 2.49. The van der Waals surface area contributed by atoms with Crippen LogP contribution in [0.2, 0.25) is 0 Å². The second-order valence-corrected chi connectivity index (χ2v) is 7.47. The van der Waals surface area contributed by atoms with Crippen molar-refractivity contribution in [3.63, 3.8) is 0 Å². The minimum Gasteiger partial charge on any atom is -0.379 e. The fourth-order valence-corrected chi connectivity index (χ4v) is 4.30. The van der Waals surface area contributed by atoms with E-state index in [9.17, 15) is 4.79 Å². The normalized spacial score (nSPS) is 20.0. The number of hydrogen-bond acceptors (Lipinski definition) is 6. The minimum atomic E-state index is -0.324. The summed E-state index contributed by atoms with van der Waals surface area (Å²) < 4.78 is 5.43. The zero-order chi connectivity index (χ0) is 17.1. The lowest BCUT2D eigenvalue weighted by molar-refractivity contribution is -0.144. The summed E-state index contributed by atoms with van der Waals surface area (Å²) in [7, 11) is 0. The van der Waals surface area contributed by atoms with Gasteiger partial charge in [-0.1, -0.05) is 0 Å². The Morgan fingerprint density at radius 1 is 1.28 bits per heavy atom. The molecule has 0 radical (unpaired) electrons. The molecule has 132 valence electrons. The summed E-state index contributed by atoms with van der Waals surface area (Å²) in [6.45, 7) is 3.61. The van der Waals surface area contributed by atoms with E-state index in [2.05, 4.69) is 20.2 Å². The number of morpholine rings is 1. The van der Waals surface area contributed by atoms with Gasteiger partial charge in [0.15, 0.2) is 0 Å². The molecule has 25 heavy (non-hydrogen) atoms. The van der Waals surface area contributed by atoms with Gasteiger partial charge in [0, 0.05) is 36.4 Å². The number of ether oxygens (including phenoxy) is 1. The van der Waals surface area contributed by atoms with Gasteiger partial charge in [0.1, 0.15) is 10.5 Å². The zero-order valence-electron chi connectivity index (χ0n) is 14.1. The topological polar surface area (TPSA) is 67.4 Å². The zero-order valence-corrected chi connectivity index (χ0v) is 14.9. The predicted octanol–water partition coefficient (Wildman–Crippen LogP) is 2.08. The average molecular weight is 358 g/mol. The molecular formula is C18H22N4O2S. The maximum absolute atomic E-state index is 12.9. The molecule has 1 aliphatic carbocycles. The molecule has 1 saturated heterocycles. The molecule has 1 amide bonds. The molecular weight excluding hydrogens is 336 g/mol. The lowest BCUT2D eigenvalue weighted by atomic mass is 9.74. The Hall–Kier alpha value is -1.83. The van der Waals surface area contributed by atoms with Gasteiger partial charge in [-0.05, 0) is 31.4 Å². The molecule has 2 aromatic rings. The third-order valence-corrected chi connectivity index (χ3v) is 6.00. The van der Waals surface area contributed by atoms with Crippen LogP contribution >= 0.6 is 11.3 Å². The van der Waals surface area contributed by atoms with Crippen LogP contribution in [0.25, 0.3) is 11.3 Å². The Kier molecular flexibility index (Phi) is 4.78. The van der Waals surface area contributed by atoms with Crippen molar-refractivity contribution < 1.29 is 9.53 Å². The summed E-state index contributed by atoms with van der Waals surface area (Å²) in [6.07, 6.45) is 6.53. The van der Waals surface area contributed by atoms with Crippen LogP contribution in [0.4, 0.5) is 0 Å². The van der Waals surface area contributed by atoms with Crippen LogP contribution < -0.4 is 5.32 Å². The molecule has 4 rings (SSSR count). The van der Waals surface area contributed by atoms with Crippen molar-refractivity contribution in [1.82, 2.24) is 20.2 Å². The summed E-state index contributed by atoms with van der Waals surface area (Å²) in [5.74, 6) is 0.140. The third kappa shape index (κ3) is 3.31. The van der Waals surface area contributed by atoms with Crippen molar-refractivity contribution in [2.24, 2.45) is 0 Å². The van der Waals surface area contributed by atoms with E-state index in [0.29, 0.717) is 6.54 Å². The lowest BCUT2D eigenvalue weighted by Crippen LogP contribution is -2.64. The van der Waals surface area contributed by atoms with Crippen molar-refractivity contribution in [3.05, 3.63) is 34.9 Å². The SMILES string of the molecule is O=C(NCc1nc(-c2ccncc2)cs1)C1(N2CCOCC2)CCC1. The number of rotatable bonds is 5. The standard InChI is InChI=1S/C18H22N4O2S/c23-17(18(4-1-5-18)22-8-10-24-11-9-22)20-12-16-21-15(13-25-16)14-2-6-19-7-3-14/h2-3,6-7,13H,1,4-5,8-12H2,(H,20,23). The van der Waals surface area contributed by atoms with Crippen LogP contribution in [-0.2, 0) is 16.1 Å². The second kappa shape index (κ2) is 7.19. The van der Waals surface area contributed by atoms with E-state index in [4.69, 9.17) is 4.74 Å². The number of carbonyl (C=O) groups is 1. The van der Waals surface area contributed by atoms with E-state index in [1.54, 1.807) is 23.7 Å². The van der Waals surface area contributed by atoms with E-state index in [-0.39, 0.29) is 11.4 Å². The predicted molar refractivity (Wildman–Crippen MR) is 96.2 cm³/mol. The van der Waals surface area contributed by atoms with E-state index >= 15 is 0 Å². The highest BCUT2D eigenvalue weighted by atomic mass is 32.1. The summed E-state index contributed by atoms with van der Waals surface area (Å²) in [5, 5.41) is 6.07. The van der Waals surface area contributed by atoms with Crippen LogP contribution in [0.15, 0.2) is 29.9 Å². The molecule has 6 nitrogen and oxygen atoms in total. The summed E-state index contributed by atoms with van der Waals surface area (Å²) in [6, 6.07) is 3.89. The Balaban J connectivity index is 1.39. The van der Waals surface area contributed by atoms with Gasteiger partial charge in [-0.3, -0.25) is 14.7 Å². The molecule has 1 saturated carbocycles. The summed E-state index contributed by atoms with van der Waals surface area (Å²) in [5.41, 5.74) is 1.66. The molecule has 0 unspecified atom stereocenters. The van der Waals surface area contributed by atoms with Gasteiger partial charge in [-0.2, -0.15) is 0 Å². The highest BCUT2D eigenvalue weighted by molar-refractivity contribution is 7.09. The van der Waals surface area contributed by atoms with Gasteiger partial charge in [0.25, 0.3) is 0 Å². The third-order valence-electron chi connectivity index (χ3n) is 5.15. The molecule has 0 aromatic carbocycles. The van der Waals surface area contributed by atoms with Crippen molar-refractivity contribution >= 4 is 17.2 Å². The van der Waals surface area contributed by atoms with Gasteiger partial charge >= 0.3 is 0 Å². The molecule has 0 spiro atoms. The van der Waals surface area contributed by atoms with E-state index in [1.165, 1.54) is 0 Å². The van der Waals surface area contributed by atoms with Crippen LogP contribution in [0, 0.1) is 0 Å². The number of thiazole rings is 1. The number of carbonyl (C=O) groups excluding carboxylic acids is 1. The van der Waals surface area contributed by atoms with Crippen LogP contribution in [0.1, 0.15) is 24.3 Å².